The Morgan fingerprint density at radius 2 is 0.836 bits per heavy atom. The van der Waals surface area contributed by atoms with Gasteiger partial charge in [0.05, 0.1) is 0 Å². The van der Waals surface area contributed by atoms with E-state index in [4.69, 9.17) is 4.42 Å². The fourth-order valence-electron chi connectivity index (χ4n) is 8.85. The third-order valence-electron chi connectivity index (χ3n) is 11.3. The van der Waals surface area contributed by atoms with Crippen LogP contribution >= 0.6 is 0 Å². The molecule has 1 aromatic heterocycles. The van der Waals surface area contributed by atoms with E-state index in [2.05, 4.69) is 206 Å². The fourth-order valence-corrected chi connectivity index (χ4v) is 8.85. The molecule has 0 amide bonds. The topological polar surface area (TPSA) is 13.1 Å². The predicted octanol–water partition coefficient (Wildman–Crippen LogP) is 15.4. The highest BCUT2D eigenvalue weighted by molar-refractivity contribution is 6.24. The van der Waals surface area contributed by atoms with Crippen LogP contribution < -0.4 is 0 Å². The Labute approximate surface area is 319 Å². The van der Waals surface area contributed by atoms with Gasteiger partial charge in [-0.05, 0) is 112 Å². The van der Waals surface area contributed by atoms with Crippen LogP contribution in [0.4, 0.5) is 0 Å². The average molecular weight is 699 g/mol. The monoisotopic (exact) mass is 698 g/mol. The Bertz CT molecular complexity index is 3190. The molecule has 10 aromatic carbocycles. The van der Waals surface area contributed by atoms with Crippen LogP contribution in [0.5, 0.6) is 0 Å². The smallest absolute Gasteiger partial charge is 0.136 e. The van der Waals surface area contributed by atoms with Gasteiger partial charge in [-0.1, -0.05) is 182 Å². The maximum absolute atomic E-state index is 6.56. The first kappa shape index (κ1) is 31.3. The molecule has 0 aliphatic carbocycles. The minimum absolute atomic E-state index is 0.888. The van der Waals surface area contributed by atoms with Crippen molar-refractivity contribution < 1.29 is 4.42 Å². The maximum Gasteiger partial charge on any atom is 0.136 e. The second-order valence-corrected chi connectivity index (χ2v) is 14.4. The minimum Gasteiger partial charge on any atom is -0.456 e. The Kier molecular flexibility index (Phi) is 7.25. The second-order valence-electron chi connectivity index (χ2n) is 14.4. The molecular weight excluding hydrogens is 665 g/mol. The average Bonchev–Trinajstić information content (AvgIpc) is 3.64. The molecule has 0 spiro atoms. The summed E-state index contributed by atoms with van der Waals surface area (Å²) in [5, 5.41) is 9.67. The van der Waals surface area contributed by atoms with Crippen molar-refractivity contribution in [2.24, 2.45) is 0 Å². The van der Waals surface area contributed by atoms with Crippen molar-refractivity contribution in [3.63, 3.8) is 0 Å². The number of benzene rings is 10. The molecule has 11 rings (SSSR count). The molecule has 0 saturated carbocycles. The number of hydrogen-bond acceptors (Lipinski definition) is 1. The molecule has 1 nitrogen and oxygen atoms in total. The second kappa shape index (κ2) is 12.7. The molecule has 256 valence electrons. The van der Waals surface area contributed by atoms with Gasteiger partial charge in [0, 0.05) is 10.8 Å². The van der Waals surface area contributed by atoms with Crippen LogP contribution in [-0.2, 0) is 0 Å². The summed E-state index contributed by atoms with van der Waals surface area (Å²) in [4.78, 5) is 0. The van der Waals surface area contributed by atoms with Crippen molar-refractivity contribution in [1.29, 1.82) is 0 Å². The molecule has 0 atom stereocenters. The van der Waals surface area contributed by atoms with E-state index in [0.29, 0.717) is 0 Å². The molecule has 0 aliphatic heterocycles. The van der Waals surface area contributed by atoms with Crippen LogP contribution in [0.1, 0.15) is 0 Å². The summed E-state index contributed by atoms with van der Waals surface area (Å²) < 4.78 is 6.56. The highest BCUT2D eigenvalue weighted by atomic mass is 16.3. The third-order valence-corrected chi connectivity index (χ3v) is 11.3. The Morgan fingerprint density at radius 1 is 0.255 bits per heavy atom. The Morgan fingerprint density at radius 3 is 1.56 bits per heavy atom. The van der Waals surface area contributed by atoms with Crippen molar-refractivity contribution >= 4 is 54.3 Å². The predicted molar refractivity (Wildman–Crippen MR) is 233 cm³/mol. The summed E-state index contributed by atoms with van der Waals surface area (Å²) in [6.45, 7) is 0. The quantitative estimate of drug-likeness (QED) is 0.163. The molecule has 11 aromatic rings. The first-order chi connectivity index (χ1) is 27.3. The van der Waals surface area contributed by atoms with E-state index in [1.807, 2.05) is 0 Å². The summed E-state index contributed by atoms with van der Waals surface area (Å²) in [6, 6.07) is 74.7. The van der Waals surface area contributed by atoms with Crippen LogP contribution in [-0.4, -0.2) is 0 Å². The van der Waals surface area contributed by atoms with Crippen LogP contribution in [0.2, 0.25) is 0 Å². The van der Waals surface area contributed by atoms with Gasteiger partial charge in [0.25, 0.3) is 0 Å². The van der Waals surface area contributed by atoms with Gasteiger partial charge < -0.3 is 4.42 Å². The lowest BCUT2D eigenvalue weighted by atomic mass is 9.82. The minimum atomic E-state index is 0.888. The number of rotatable bonds is 5. The maximum atomic E-state index is 6.56. The molecule has 0 bridgehead atoms. The van der Waals surface area contributed by atoms with Gasteiger partial charge in [0.15, 0.2) is 0 Å². The molecule has 1 heterocycles. The molecule has 55 heavy (non-hydrogen) atoms. The van der Waals surface area contributed by atoms with E-state index in [1.54, 1.807) is 0 Å². The SMILES string of the molecule is c1ccc(-c2cccc(-c3cccc4oc5ccc(-c6c7ccccc7c(-c7ccc8ccccc8c7-c7ccccc7)c7ccccc67)cc5c34)c2)cc1. The van der Waals surface area contributed by atoms with E-state index < -0.39 is 0 Å². The van der Waals surface area contributed by atoms with Crippen molar-refractivity contribution in [3.8, 4) is 55.6 Å². The van der Waals surface area contributed by atoms with Gasteiger partial charge in [0.2, 0.25) is 0 Å². The van der Waals surface area contributed by atoms with E-state index >= 15 is 0 Å². The lowest BCUT2D eigenvalue weighted by Gasteiger charge is -2.21. The van der Waals surface area contributed by atoms with Gasteiger partial charge in [-0.2, -0.15) is 0 Å². The summed E-state index contributed by atoms with van der Waals surface area (Å²) in [7, 11) is 0. The summed E-state index contributed by atoms with van der Waals surface area (Å²) in [5.41, 5.74) is 13.9. The lowest BCUT2D eigenvalue weighted by Crippen LogP contribution is -1.93. The number of furan rings is 1. The van der Waals surface area contributed by atoms with Gasteiger partial charge in [0.1, 0.15) is 11.2 Å². The summed E-state index contributed by atoms with van der Waals surface area (Å²) in [6.07, 6.45) is 0. The van der Waals surface area contributed by atoms with Crippen LogP contribution in [0.15, 0.2) is 211 Å². The van der Waals surface area contributed by atoms with Crippen LogP contribution in [0, 0.1) is 0 Å². The molecule has 0 fully saturated rings. The normalized spacial score (nSPS) is 11.6. The zero-order chi connectivity index (χ0) is 36.3. The van der Waals surface area contributed by atoms with Crippen LogP contribution in [0.25, 0.3) is 110 Å². The molecule has 0 N–H and O–H groups in total. The fraction of sp³-hybridized carbons (Fsp3) is 0. The lowest BCUT2D eigenvalue weighted by molar-refractivity contribution is 0.669. The zero-order valence-electron chi connectivity index (χ0n) is 30.0. The standard InChI is InChI=1S/C54H34O/c1-3-15-35(16-4-1)38-20-13-21-39(33-38)42-27-14-28-50-54(42)48-34-40(30-32-49(48)55-50)52-43-23-9-11-25-45(43)53(46-26-12-10-24-44(46)52)47-31-29-36-17-7-8-22-41(36)51(47)37-18-5-2-6-19-37/h1-34H. The summed E-state index contributed by atoms with van der Waals surface area (Å²) in [5.74, 6) is 0. The molecule has 0 aliphatic rings. The van der Waals surface area contributed by atoms with Crippen molar-refractivity contribution in [2.75, 3.05) is 0 Å². The Balaban J connectivity index is 1.17. The third kappa shape index (κ3) is 5.09. The molecule has 0 unspecified atom stereocenters. The highest BCUT2D eigenvalue weighted by Gasteiger charge is 2.21. The van der Waals surface area contributed by atoms with Crippen molar-refractivity contribution in [3.05, 3.63) is 206 Å². The largest absolute Gasteiger partial charge is 0.456 e. The van der Waals surface area contributed by atoms with Crippen molar-refractivity contribution in [2.45, 2.75) is 0 Å². The molecule has 1 heteroatoms. The van der Waals surface area contributed by atoms with E-state index in [0.717, 1.165) is 21.9 Å². The molecule has 0 saturated heterocycles. The van der Waals surface area contributed by atoms with E-state index in [1.165, 1.54) is 88.0 Å². The van der Waals surface area contributed by atoms with Crippen molar-refractivity contribution in [1.82, 2.24) is 0 Å². The summed E-state index contributed by atoms with van der Waals surface area (Å²) >= 11 is 0. The van der Waals surface area contributed by atoms with Gasteiger partial charge >= 0.3 is 0 Å². The van der Waals surface area contributed by atoms with Crippen LogP contribution in [0.3, 0.4) is 0 Å². The number of hydrogen-bond donors (Lipinski definition) is 0. The molecule has 0 radical (unpaired) electrons. The van der Waals surface area contributed by atoms with E-state index in [9.17, 15) is 0 Å². The highest BCUT2D eigenvalue weighted by Crippen LogP contribution is 2.48. The van der Waals surface area contributed by atoms with Gasteiger partial charge in [-0.3, -0.25) is 0 Å². The molecular formula is C54H34O. The van der Waals surface area contributed by atoms with E-state index in [-0.39, 0.29) is 0 Å². The number of fused-ring (bicyclic) bond motifs is 6. The first-order valence-corrected chi connectivity index (χ1v) is 18.9. The zero-order valence-corrected chi connectivity index (χ0v) is 30.0. The first-order valence-electron chi connectivity index (χ1n) is 18.9. The van der Waals surface area contributed by atoms with Gasteiger partial charge in [-0.15, -0.1) is 0 Å². The van der Waals surface area contributed by atoms with Gasteiger partial charge in [-0.25, -0.2) is 0 Å². The Hall–Kier alpha value is -7.22.